The number of rotatable bonds is 24. The van der Waals surface area contributed by atoms with Crippen LogP contribution in [0.4, 0.5) is 0 Å². The lowest BCUT2D eigenvalue weighted by atomic mass is 10.0. The molecule has 4 heteroatoms. The third-order valence-corrected chi connectivity index (χ3v) is 7.91. The van der Waals surface area contributed by atoms with Gasteiger partial charge in [0.05, 0.1) is 39.4 Å². The Bertz CT molecular complexity index is 883. The van der Waals surface area contributed by atoms with Crippen molar-refractivity contribution < 1.29 is 31.0 Å². The highest BCUT2D eigenvalue weighted by atomic mass is 79.9. The first-order valence-corrected chi connectivity index (χ1v) is 16.2. The van der Waals surface area contributed by atoms with Crippen LogP contribution in [-0.2, 0) is 0 Å². The summed E-state index contributed by atoms with van der Waals surface area (Å²) in [7, 11) is 4.75. The molecule has 3 nitrogen and oxygen atoms in total. The van der Waals surface area contributed by atoms with Crippen LogP contribution in [0, 0.1) is 0 Å². The van der Waals surface area contributed by atoms with E-state index in [-0.39, 0.29) is 22.8 Å². The fourth-order valence-electron chi connectivity index (χ4n) is 5.54. The maximum Gasteiger partial charge on any atom is 0.196 e. The summed E-state index contributed by atoms with van der Waals surface area (Å²) in [5.74, 6) is 0.728. The maximum atomic E-state index is 12.8. The molecule has 0 atom stereocenters. The molecule has 0 aliphatic heterocycles. The predicted molar refractivity (Wildman–Crippen MR) is 168 cm³/mol. The van der Waals surface area contributed by atoms with Gasteiger partial charge in [0, 0.05) is 5.56 Å². The van der Waals surface area contributed by atoms with Crippen molar-refractivity contribution in [1.29, 1.82) is 0 Å². The molecule has 0 heterocycles. The van der Waals surface area contributed by atoms with Crippen molar-refractivity contribution in [1.82, 2.24) is 0 Å². The molecule has 2 rings (SSSR count). The van der Waals surface area contributed by atoms with Crippen molar-refractivity contribution in [3.05, 3.63) is 65.7 Å². The zero-order valence-electron chi connectivity index (χ0n) is 26.0. The molecule has 0 aliphatic rings. The topological polar surface area (TPSA) is 26.3 Å². The minimum absolute atomic E-state index is 0. The second-order valence-electron chi connectivity index (χ2n) is 12.1. The molecule has 0 saturated carbocycles. The number of unbranched alkanes of at least 4 members (excludes halogenated alkanes) is 15. The van der Waals surface area contributed by atoms with Crippen LogP contribution in [0.2, 0.25) is 0 Å². The Morgan fingerprint density at radius 3 is 1.57 bits per heavy atom. The predicted octanol–water partition coefficient (Wildman–Crippen LogP) is 7.03. The number of ether oxygens (including phenoxy) is 1. The summed E-state index contributed by atoms with van der Waals surface area (Å²) in [4.78, 5) is 12.8. The number of nitrogens with zero attached hydrogens (tertiary/aromatic N) is 1. The van der Waals surface area contributed by atoms with Gasteiger partial charge in [0.2, 0.25) is 0 Å². The van der Waals surface area contributed by atoms with Crippen molar-refractivity contribution in [2.75, 3.05) is 33.8 Å². The van der Waals surface area contributed by atoms with Gasteiger partial charge in [-0.15, -0.1) is 0 Å². The van der Waals surface area contributed by atoms with Gasteiger partial charge in [-0.05, 0) is 37.8 Å². The maximum absolute atomic E-state index is 12.8. The Balaban J connectivity index is 0.00000800. The third kappa shape index (κ3) is 16.6. The van der Waals surface area contributed by atoms with E-state index < -0.39 is 0 Å². The number of hydrogen-bond donors (Lipinski definition) is 0. The number of benzene rings is 2. The number of halogens is 1. The molecule has 0 spiro atoms. The van der Waals surface area contributed by atoms with Crippen LogP contribution in [0.3, 0.4) is 0 Å². The fraction of sp³-hybridized carbons (Fsp3) is 0.639. The van der Waals surface area contributed by atoms with E-state index in [9.17, 15) is 4.79 Å². The molecule has 40 heavy (non-hydrogen) atoms. The number of para-hydroxylation sites is 1. The van der Waals surface area contributed by atoms with Crippen LogP contribution in [0.15, 0.2) is 54.6 Å². The molecule has 2 aromatic rings. The van der Waals surface area contributed by atoms with E-state index in [0.29, 0.717) is 23.5 Å². The molecule has 0 bridgehead atoms. The number of ketones is 1. The average Bonchev–Trinajstić information content (AvgIpc) is 2.94. The van der Waals surface area contributed by atoms with Gasteiger partial charge >= 0.3 is 0 Å². The summed E-state index contributed by atoms with van der Waals surface area (Å²) < 4.78 is 7.20. The van der Waals surface area contributed by atoms with Crippen molar-refractivity contribution in [3.8, 4) is 5.75 Å². The highest BCUT2D eigenvalue weighted by Gasteiger charge is 2.14. The van der Waals surface area contributed by atoms with Crippen molar-refractivity contribution in [2.24, 2.45) is 0 Å². The number of quaternary nitrogens is 1. The van der Waals surface area contributed by atoms with Crippen LogP contribution in [0.5, 0.6) is 5.75 Å². The third-order valence-electron chi connectivity index (χ3n) is 7.91. The lowest BCUT2D eigenvalue weighted by molar-refractivity contribution is -0.890. The first kappa shape index (κ1) is 36.4. The van der Waals surface area contributed by atoms with E-state index in [1.54, 1.807) is 0 Å². The second kappa shape index (κ2) is 23.0. The zero-order chi connectivity index (χ0) is 28.0. The quantitative estimate of drug-likeness (QED) is 0.0720. The summed E-state index contributed by atoms with van der Waals surface area (Å²) >= 11 is 0. The van der Waals surface area contributed by atoms with Crippen LogP contribution < -0.4 is 21.7 Å². The van der Waals surface area contributed by atoms with Gasteiger partial charge in [0.25, 0.3) is 0 Å². The molecule has 0 saturated heterocycles. The largest absolute Gasteiger partial charge is 1.00 e. The molecule has 0 aromatic heterocycles. The summed E-state index contributed by atoms with van der Waals surface area (Å²) in [6.07, 6.45) is 23.1. The molecular formula is C36H58BrNO2. The standard InChI is InChI=1S/C36H58NO2.BrH/c1-4-30-37(2,3)31-24-17-15-13-11-9-7-5-6-8-10-12-14-16-18-25-32-39-35-29-23-22-28-34(35)36(38)33-26-20-19-21-27-33;/h19-23,26-29H,4-18,24-25,30-32H2,1-3H3;1H/q+1;/p-1. The van der Waals surface area contributed by atoms with Crippen LogP contribution in [-0.4, -0.2) is 44.1 Å². The Morgan fingerprint density at radius 1 is 0.600 bits per heavy atom. The monoisotopic (exact) mass is 615 g/mol. The molecule has 0 radical (unpaired) electrons. The summed E-state index contributed by atoms with van der Waals surface area (Å²) in [6.45, 7) is 5.62. The molecule has 0 aliphatic carbocycles. The van der Waals surface area contributed by atoms with E-state index in [2.05, 4.69) is 21.0 Å². The van der Waals surface area contributed by atoms with Gasteiger partial charge in [-0.1, -0.05) is 133 Å². The highest BCUT2D eigenvalue weighted by molar-refractivity contribution is 6.10. The van der Waals surface area contributed by atoms with E-state index in [4.69, 9.17) is 4.74 Å². The van der Waals surface area contributed by atoms with Gasteiger partial charge in [-0.3, -0.25) is 4.79 Å². The lowest BCUT2D eigenvalue weighted by Crippen LogP contribution is -3.00. The van der Waals surface area contributed by atoms with E-state index in [1.807, 2.05) is 54.6 Å². The highest BCUT2D eigenvalue weighted by Crippen LogP contribution is 2.22. The van der Waals surface area contributed by atoms with Crippen molar-refractivity contribution in [2.45, 2.75) is 116 Å². The van der Waals surface area contributed by atoms with Gasteiger partial charge < -0.3 is 26.2 Å². The van der Waals surface area contributed by atoms with Gasteiger partial charge in [0.15, 0.2) is 5.78 Å². The number of carbonyl (C=O) groups is 1. The normalized spacial score (nSPS) is 11.3. The van der Waals surface area contributed by atoms with Gasteiger partial charge in [-0.25, -0.2) is 0 Å². The molecule has 2 aromatic carbocycles. The zero-order valence-corrected chi connectivity index (χ0v) is 27.6. The first-order valence-electron chi connectivity index (χ1n) is 16.2. The Hall–Kier alpha value is -1.65. The van der Waals surface area contributed by atoms with Gasteiger partial charge in [0.1, 0.15) is 5.75 Å². The Kier molecular flexibility index (Phi) is 20.9. The Morgan fingerprint density at radius 2 is 1.05 bits per heavy atom. The molecule has 0 unspecified atom stereocenters. The second-order valence-corrected chi connectivity index (χ2v) is 12.1. The number of carbonyl (C=O) groups excluding carboxylic acids is 1. The molecule has 0 fully saturated rings. The Labute approximate surface area is 257 Å². The minimum Gasteiger partial charge on any atom is -1.00 e. The van der Waals surface area contributed by atoms with E-state index in [1.165, 1.54) is 120 Å². The van der Waals surface area contributed by atoms with Crippen molar-refractivity contribution >= 4 is 5.78 Å². The lowest BCUT2D eigenvalue weighted by Gasteiger charge is -2.29. The van der Waals surface area contributed by atoms with Crippen LogP contribution >= 0.6 is 0 Å². The van der Waals surface area contributed by atoms with Crippen LogP contribution in [0.1, 0.15) is 132 Å². The van der Waals surface area contributed by atoms with E-state index in [0.717, 1.165) is 6.42 Å². The molecule has 226 valence electrons. The molecular weight excluding hydrogens is 558 g/mol. The minimum atomic E-state index is 0. The molecule has 0 amide bonds. The van der Waals surface area contributed by atoms with Crippen LogP contribution in [0.25, 0.3) is 0 Å². The first-order chi connectivity index (χ1) is 19.0. The van der Waals surface area contributed by atoms with Gasteiger partial charge in [-0.2, -0.15) is 0 Å². The fourth-order valence-corrected chi connectivity index (χ4v) is 5.54. The van der Waals surface area contributed by atoms with Crippen molar-refractivity contribution in [3.63, 3.8) is 0 Å². The SMILES string of the molecule is CCC[N+](C)(C)CCCCCCCCCCCCCCCCCCOc1ccccc1C(=O)c1ccccc1.[Br-]. The average molecular weight is 617 g/mol. The summed E-state index contributed by atoms with van der Waals surface area (Å²) in [5.41, 5.74) is 1.36. The number of hydrogen-bond acceptors (Lipinski definition) is 2. The summed E-state index contributed by atoms with van der Waals surface area (Å²) in [5, 5.41) is 0. The summed E-state index contributed by atoms with van der Waals surface area (Å²) in [6, 6.07) is 17.1. The molecule has 0 N–H and O–H groups in total. The van der Waals surface area contributed by atoms with E-state index >= 15 is 0 Å². The smallest absolute Gasteiger partial charge is 0.196 e.